The molecule has 0 spiro atoms. The van der Waals surface area contributed by atoms with Crippen molar-refractivity contribution in [2.45, 2.75) is 17.1 Å². The van der Waals surface area contributed by atoms with Crippen LogP contribution in [-0.2, 0) is 0 Å². The second-order valence-electron chi connectivity index (χ2n) is 5.82. The molecule has 7 nitrogen and oxygen atoms in total. The minimum Gasteiger partial charge on any atom is -0.506 e. The number of aliphatic hydroxyl groups is 1. The smallest absolute Gasteiger partial charge is 0.247 e. The third-order valence-corrected chi connectivity index (χ3v) is 5.50. The summed E-state index contributed by atoms with van der Waals surface area (Å²) >= 11 is 14.0. The first-order valence-electron chi connectivity index (χ1n) is 7.92. The second kappa shape index (κ2) is 8.53. The van der Waals surface area contributed by atoms with Crippen molar-refractivity contribution in [1.29, 1.82) is 5.26 Å². The van der Waals surface area contributed by atoms with Gasteiger partial charge in [-0.1, -0.05) is 23.2 Å². The van der Waals surface area contributed by atoms with Crippen LogP contribution in [0.3, 0.4) is 0 Å². The summed E-state index contributed by atoms with van der Waals surface area (Å²) in [6.07, 6.45) is 0. The largest absolute Gasteiger partial charge is 0.506 e. The van der Waals surface area contributed by atoms with E-state index in [4.69, 9.17) is 32.9 Å². The number of aliphatic hydroxyl groups excluding tert-OH is 1. The lowest BCUT2D eigenvalue weighted by Gasteiger charge is -2.20. The van der Waals surface area contributed by atoms with Crippen LogP contribution in [0.15, 0.2) is 34.7 Å². The van der Waals surface area contributed by atoms with E-state index in [1.807, 2.05) is 28.7 Å². The van der Waals surface area contributed by atoms with Gasteiger partial charge in [0.25, 0.3) is 0 Å². The number of nitrogens with zero attached hydrogens (tertiary/aromatic N) is 3. The molecule has 0 radical (unpaired) electrons. The van der Waals surface area contributed by atoms with E-state index in [-0.39, 0.29) is 22.6 Å². The molecule has 0 fully saturated rings. The molecular weight excluding hydrogens is 518 g/mol. The maximum absolute atomic E-state index is 10.2. The number of anilines is 1. The number of phenols is 1. The van der Waals surface area contributed by atoms with Crippen molar-refractivity contribution >= 4 is 51.5 Å². The highest BCUT2D eigenvalue weighted by Crippen LogP contribution is 2.34. The van der Waals surface area contributed by atoms with E-state index in [0.29, 0.717) is 27.4 Å². The van der Waals surface area contributed by atoms with Gasteiger partial charge in [0.2, 0.25) is 11.8 Å². The molecule has 3 rings (SSSR count). The average Bonchev–Trinajstić information content (AvgIpc) is 3.14. The molecule has 3 N–H and O–H groups in total. The third kappa shape index (κ3) is 4.17. The fourth-order valence-electron chi connectivity index (χ4n) is 2.46. The fourth-order valence-corrected chi connectivity index (χ4v) is 3.34. The summed E-state index contributed by atoms with van der Waals surface area (Å²) in [6, 6.07) is 9.10. The van der Waals surface area contributed by atoms with Crippen LogP contribution in [0, 0.1) is 18.3 Å². The van der Waals surface area contributed by atoms with Crippen molar-refractivity contribution in [3.63, 3.8) is 0 Å². The number of nitriles is 1. The number of aromatic nitrogens is 2. The van der Waals surface area contributed by atoms with E-state index < -0.39 is 10.2 Å². The number of rotatable bonds is 5. The molecule has 144 valence electrons. The summed E-state index contributed by atoms with van der Waals surface area (Å²) in [5, 5.41) is 40.4. The number of nitrogens with one attached hydrogen (secondary N) is 1. The Kier molecular flexibility index (Phi) is 6.30. The lowest BCUT2D eigenvalue weighted by Crippen LogP contribution is -2.21. The topological polar surface area (TPSA) is 115 Å². The quantitative estimate of drug-likeness (QED) is 0.319. The monoisotopic (exact) mass is 530 g/mol. The molecule has 0 aliphatic carbocycles. The molecule has 3 aromatic rings. The molecular formula is C18H13Cl2IN4O3. The van der Waals surface area contributed by atoms with Gasteiger partial charge in [0.1, 0.15) is 22.0 Å². The Balaban J connectivity index is 1.92. The molecule has 1 heterocycles. The van der Waals surface area contributed by atoms with Gasteiger partial charge in [0.15, 0.2) is 0 Å². The lowest BCUT2D eigenvalue weighted by atomic mass is 10.1. The van der Waals surface area contributed by atoms with Crippen LogP contribution in [0.1, 0.15) is 23.1 Å². The van der Waals surface area contributed by atoms with Gasteiger partial charge < -0.3 is 19.9 Å². The van der Waals surface area contributed by atoms with Gasteiger partial charge >= 0.3 is 0 Å². The summed E-state index contributed by atoms with van der Waals surface area (Å²) in [5.41, 5.74) is 2.17. The van der Waals surface area contributed by atoms with E-state index in [1.54, 1.807) is 25.1 Å². The van der Waals surface area contributed by atoms with Crippen LogP contribution in [0.25, 0.3) is 11.5 Å². The molecule has 0 unspecified atom stereocenters. The van der Waals surface area contributed by atoms with Gasteiger partial charge in [-0.2, -0.15) is 5.26 Å². The number of benzene rings is 2. The highest BCUT2D eigenvalue weighted by atomic mass is 127. The van der Waals surface area contributed by atoms with E-state index in [1.165, 1.54) is 12.1 Å². The Morgan fingerprint density at radius 3 is 2.64 bits per heavy atom. The molecule has 2 aromatic carbocycles. The normalized spacial score (nSPS) is 13.0. The zero-order chi connectivity index (χ0) is 20.4. The number of aromatic hydroxyl groups is 1. The van der Waals surface area contributed by atoms with E-state index in [0.717, 1.165) is 0 Å². The Morgan fingerprint density at radius 2 is 2.00 bits per heavy atom. The maximum atomic E-state index is 10.2. The van der Waals surface area contributed by atoms with Crippen LogP contribution in [0.5, 0.6) is 5.75 Å². The fraction of sp³-hybridized carbons (Fsp3) is 0.167. The van der Waals surface area contributed by atoms with E-state index in [2.05, 4.69) is 15.5 Å². The Labute approximate surface area is 184 Å². The molecule has 0 aliphatic rings. The van der Waals surface area contributed by atoms with Gasteiger partial charge in [-0.05, 0) is 65.4 Å². The first-order valence-corrected chi connectivity index (χ1v) is 9.92. The first kappa shape index (κ1) is 20.7. The summed E-state index contributed by atoms with van der Waals surface area (Å²) in [6.45, 7) is 1.76. The highest BCUT2D eigenvalue weighted by molar-refractivity contribution is 14.1. The average molecular weight is 531 g/mol. The molecule has 10 heteroatoms. The molecule has 28 heavy (non-hydrogen) atoms. The van der Waals surface area contributed by atoms with E-state index in [9.17, 15) is 10.2 Å². The molecule has 0 aliphatic heterocycles. The molecule has 0 amide bonds. The Bertz CT molecular complexity index is 1070. The molecule has 1 aromatic heterocycles. The van der Waals surface area contributed by atoms with Crippen LogP contribution in [-0.4, -0.2) is 24.5 Å². The van der Waals surface area contributed by atoms with Crippen molar-refractivity contribution in [2.24, 2.45) is 0 Å². The van der Waals surface area contributed by atoms with Gasteiger partial charge in [0.05, 0.1) is 15.6 Å². The van der Waals surface area contributed by atoms with Gasteiger partial charge in [0, 0.05) is 11.3 Å². The molecule has 0 saturated heterocycles. The van der Waals surface area contributed by atoms with Crippen molar-refractivity contribution < 1.29 is 14.6 Å². The van der Waals surface area contributed by atoms with Crippen molar-refractivity contribution in [3.8, 4) is 23.3 Å². The van der Waals surface area contributed by atoms with Crippen molar-refractivity contribution in [1.82, 2.24) is 10.2 Å². The second-order valence-corrected chi connectivity index (χ2v) is 7.88. The Hall–Kier alpha value is -2.06. The SMILES string of the molecule is Cc1c(N[C@@H](c2nnc(-c3ccc(O)c(Cl)c3)o2)[C@@H](O)I)ccc(C#N)c1Cl. The molecule has 0 bridgehead atoms. The number of phenolic OH excluding ortho intramolecular Hbond substituents is 1. The van der Waals surface area contributed by atoms with Crippen LogP contribution in [0.4, 0.5) is 5.69 Å². The Morgan fingerprint density at radius 1 is 1.25 bits per heavy atom. The third-order valence-electron chi connectivity index (χ3n) is 3.99. The number of halogens is 3. The summed E-state index contributed by atoms with van der Waals surface area (Å²) in [5.74, 6) is 0.289. The molecule has 0 saturated carbocycles. The first-order chi connectivity index (χ1) is 13.3. The summed E-state index contributed by atoms with van der Waals surface area (Å²) in [7, 11) is 0. The highest BCUT2D eigenvalue weighted by Gasteiger charge is 2.26. The van der Waals surface area contributed by atoms with Crippen LogP contribution >= 0.6 is 45.8 Å². The predicted molar refractivity (Wildman–Crippen MR) is 114 cm³/mol. The minimum atomic E-state index is -0.900. The standard InChI is InChI=1S/C18H13Cl2IN4O3/c1-8-12(4-2-10(7-22)14(8)20)23-15(16(21)27)18-25-24-17(28-18)9-3-5-13(26)11(19)6-9/h2-6,15-16,23,26-27H,1H3/t15-,16-/m1/s1. The lowest BCUT2D eigenvalue weighted by molar-refractivity contribution is 0.239. The van der Waals surface area contributed by atoms with Gasteiger partial charge in [-0.15, -0.1) is 10.2 Å². The summed E-state index contributed by atoms with van der Waals surface area (Å²) < 4.78 is 4.80. The maximum Gasteiger partial charge on any atom is 0.247 e. The van der Waals surface area contributed by atoms with Gasteiger partial charge in [-0.3, -0.25) is 0 Å². The number of hydrogen-bond donors (Lipinski definition) is 3. The van der Waals surface area contributed by atoms with Crippen molar-refractivity contribution in [2.75, 3.05) is 5.32 Å². The minimum absolute atomic E-state index is 0.0550. The molecule has 2 atom stereocenters. The van der Waals surface area contributed by atoms with Crippen LogP contribution in [0.2, 0.25) is 10.0 Å². The van der Waals surface area contributed by atoms with E-state index >= 15 is 0 Å². The van der Waals surface area contributed by atoms with Gasteiger partial charge in [-0.25, -0.2) is 0 Å². The summed E-state index contributed by atoms with van der Waals surface area (Å²) in [4.78, 5) is 0. The van der Waals surface area contributed by atoms with Crippen molar-refractivity contribution in [3.05, 3.63) is 57.4 Å². The number of alkyl halides is 1. The zero-order valence-corrected chi connectivity index (χ0v) is 18.0. The number of hydrogen-bond acceptors (Lipinski definition) is 7. The zero-order valence-electron chi connectivity index (χ0n) is 14.3. The van der Waals surface area contributed by atoms with Crippen LogP contribution < -0.4 is 5.32 Å². The predicted octanol–water partition coefficient (Wildman–Crippen LogP) is 4.84.